The summed E-state index contributed by atoms with van der Waals surface area (Å²) in [5.74, 6) is 1.10. The summed E-state index contributed by atoms with van der Waals surface area (Å²) in [5.41, 5.74) is 1.98. The van der Waals surface area contributed by atoms with Gasteiger partial charge in [0.25, 0.3) is 0 Å². The second-order valence-electron chi connectivity index (χ2n) is 6.15. The van der Waals surface area contributed by atoms with Gasteiger partial charge >= 0.3 is 6.55 Å². The van der Waals surface area contributed by atoms with Gasteiger partial charge < -0.3 is 4.74 Å². The van der Waals surface area contributed by atoms with E-state index in [9.17, 15) is 8.78 Å². The number of para-hydroxylation sites is 2. The van der Waals surface area contributed by atoms with Crippen LogP contribution in [0.15, 0.2) is 46.9 Å². The van der Waals surface area contributed by atoms with Crippen molar-refractivity contribution < 1.29 is 13.5 Å². The van der Waals surface area contributed by atoms with E-state index in [2.05, 4.69) is 20.9 Å². The van der Waals surface area contributed by atoms with Crippen molar-refractivity contribution in [2.24, 2.45) is 0 Å². The standard InChI is InChI=1S/C19H20BrF2N3O/c1-12(24(2)11-13-10-14(20)8-9-17(13)26-3)18-23-15-6-4-5-7-16(15)25(18)19(21)22/h4-10,12,19H,11H2,1-3H3. The maximum atomic E-state index is 13.7. The van der Waals surface area contributed by atoms with Crippen LogP contribution in [-0.4, -0.2) is 28.6 Å². The third-order valence-corrected chi connectivity index (χ3v) is 5.01. The molecule has 0 aliphatic carbocycles. The zero-order valence-electron chi connectivity index (χ0n) is 14.8. The fraction of sp³-hybridized carbons (Fsp3) is 0.316. The normalized spacial score (nSPS) is 12.9. The van der Waals surface area contributed by atoms with Gasteiger partial charge in [0.05, 0.1) is 24.2 Å². The summed E-state index contributed by atoms with van der Waals surface area (Å²) in [5, 5.41) is 0. The fourth-order valence-electron chi connectivity index (χ4n) is 3.04. The first-order chi connectivity index (χ1) is 12.4. The van der Waals surface area contributed by atoms with Crippen molar-refractivity contribution in [2.45, 2.75) is 26.1 Å². The van der Waals surface area contributed by atoms with E-state index >= 15 is 0 Å². The van der Waals surface area contributed by atoms with E-state index in [1.54, 1.807) is 31.4 Å². The van der Waals surface area contributed by atoms with E-state index in [1.807, 2.05) is 37.1 Å². The fourth-order valence-corrected chi connectivity index (χ4v) is 3.44. The number of nitrogens with zero attached hydrogens (tertiary/aromatic N) is 3. The Kier molecular flexibility index (Phi) is 5.58. The van der Waals surface area contributed by atoms with Crippen molar-refractivity contribution in [3.05, 3.63) is 58.3 Å². The molecule has 0 spiro atoms. The van der Waals surface area contributed by atoms with Crippen LogP contribution in [0.2, 0.25) is 0 Å². The highest BCUT2D eigenvalue weighted by atomic mass is 79.9. The summed E-state index contributed by atoms with van der Waals surface area (Å²) < 4.78 is 34.7. The molecular formula is C19H20BrF2N3O. The Balaban J connectivity index is 1.94. The Hall–Kier alpha value is -1.99. The van der Waals surface area contributed by atoms with Gasteiger partial charge in [-0.2, -0.15) is 8.78 Å². The molecule has 26 heavy (non-hydrogen) atoms. The van der Waals surface area contributed by atoms with Crippen molar-refractivity contribution >= 4 is 27.0 Å². The molecule has 0 radical (unpaired) electrons. The van der Waals surface area contributed by atoms with Crippen LogP contribution in [0, 0.1) is 0 Å². The topological polar surface area (TPSA) is 30.3 Å². The predicted octanol–water partition coefficient (Wildman–Crippen LogP) is 5.40. The number of fused-ring (bicyclic) bond motifs is 1. The van der Waals surface area contributed by atoms with Gasteiger partial charge in [0.15, 0.2) is 0 Å². The Bertz CT molecular complexity index is 913. The number of aromatic nitrogens is 2. The molecule has 0 N–H and O–H groups in total. The van der Waals surface area contributed by atoms with E-state index in [-0.39, 0.29) is 6.04 Å². The zero-order chi connectivity index (χ0) is 18.8. The Morgan fingerprint density at radius 3 is 2.65 bits per heavy atom. The van der Waals surface area contributed by atoms with E-state index in [0.29, 0.717) is 23.4 Å². The maximum absolute atomic E-state index is 13.7. The molecule has 0 saturated heterocycles. The minimum Gasteiger partial charge on any atom is -0.496 e. The SMILES string of the molecule is COc1ccc(Br)cc1CN(C)C(C)c1nc2ccccc2n1C(F)F. The molecule has 4 nitrogen and oxygen atoms in total. The highest BCUT2D eigenvalue weighted by molar-refractivity contribution is 9.10. The number of halogens is 3. The summed E-state index contributed by atoms with van der Waals surface area (Å²) in [4.78, 5) is 6.43. The monoisotopic (exact) mass is 423 g/mol. The van der Waals surface area contributed by atoms with Crippen molar-refractivity contribution in [2.75, 3.05) is 14.2 Å². The highest BCUT2D eigenvalue weighted by Gasteiger charge is 2.24. The van der Waals surface area contributed by atoms with Crippen LogP contribution < -0.4 is 4.74 Å². The van der Waals surface area contributed by atoms with Crippen molar-refractivity contribution in [1.82, 2.24) is 14.5 Å². The van der Waals surface area contributed by atoms with E-state index in [4.69, 9.17) is 4.74 Å². The number of methoxy groups -OCH3 is 1. The van der Waals surface area contributed by atoms with Gasteiger partial charge in [0.1, 0.15) is 11.6 Å². The van der Waals surface area contributed by atoms with Gasteiger partial charge in [-0.3, -0.25) is 9.47 Å². The van der Waals surface area contributed by atoms with Gasteiger partial charge in [-0.1, -0.05) is 28.1 Å². The van der Waals surface area contributed by atoms with Gasteiger partial charge in [-0.05, 0) is 44.3 Å². The summed E-state index contributed by atoms with van der Waals surface area (Å²) in [6.07, 6.45) is 0. The summed E-state index contributed by atoms with van der Waals surface area (Å²) >= 11 is 3.46. The number of alkyl halides is 2. The quantitative estimate of drug-likeness (QED) is 0.531. The average molecular weight is 424 g/mol. The molecule has 0 amide bonds. The number of benzene rings is 2. The smallest absolute Gasteiger partial charge is 0.320 e. The van der Waals surface area contributed by atoms with E-state index < -0.39 is 6.55 Å². The lowest BCUT2D eigenvalue weighted by atomic mass is 10.1. The first kappa shape index (κ1) is 18.8. The first-order valence-electron chi connectivity index (χ1n) is 8.20. The zero-order valence-corrected chi connectivity index (χ0v) is 16.4. The molecule has 7 heteroatoms. The second kappa shape index (κ2) is 7.72. The number of hydrogen-bond donors (Lipinski definition) is 0. The largest absolute Gasteiger partial charge is 0.496 e. The molecule has 0 saturated carbocycles. The molecule has 0 aliphatic rings. The lowest BCUT2D eigenvalue weighted by molar-refractivity contribution is 0.0657. The summed E-state index contributed by atoms with van der Waals surface area (Å²) in [6, 6.07) is 12.4. The Labute approximate surface area is 159 Å². The minimum atomic E-state index is -2.64. The third kappa shape index (κ3) is 3.59. The Morgan fingerprint density at radius 1 is 1.23 bits per heavy atom. The van der Waals surface area contributed by atoms with Crippen LogP contribution in [0.1, 0.15) is 30.9 Å². The molecule has 1 aromatic heterocycles. The van der Waals surface area contributed by atoms with E-state index in [1.165, 1.54) is 0 Å². The van der Waals surface area contributed by atoms with Crippen molar-refractivity contribution in [3.63, 3.8) is 0 Å². The van der Waals surface area contributed by atoms with Gasteiger partial charge in [-0.25, -0.2) is 4.98 Å². The molecule has 138 valence electrons. The first-order valence-corrected chi connectivity index (χ1v) is 8.99. The predicted molar refractivity (Wildman–Crippen MR) is 102 cm³/mol. The van der Waals surface area contributed by atoms with Gasteiger partial charge in [0.2, 0.25) is 0 Å². The van der Waals surface area contributed by atoms with Crippen molar-refractivity contribution in [1.29, 1.82) is 0 Å². The van der Waals surface area contributed by atoms with Crippen molar-refractivity contribution in [3.8, 4) is 5.75 Å². The lowest BCUT2D eigenvalue weighted by Crippen LogP contribution is -2.25. The molecule has 0 bridgehead atoms. The third-order valence-electron chi connectivity index (χ3n) is 4.52. The summed E-state index contributed by atoms with van der Waals surface area (Å²) in [6.45, 7) is -0.227. The van der Waals surface area contributed by atoms with Gasteiger partial charge in [-0.15, -0.1) is 0 Å². The number of rotatable bonds is 6. The number of hydrogen-bond acceptors (Lipinski definition) is 3. The average Bonchev–Trinajstić information content (AvgIpc) is 3.00. The molecule has 0 aliphatic heterocycles. The molecule has 1 heterocycles. The van der Waals surface area contributed by atoms with Crippen LogP contribution >= 0.6 is 15.9 Å². The van der Waals surface area contributed by atoms with E-state index in [0.717, 1.165) is 20.4 Å². The second-order valence-corrected chi connectivity index (χ2v) is 7.07. The molecule has 0 fully saturated rings. The van der Waals surface area contributed by atoms with Crippen LogP contribution in [0.25, 0.3) is 11.0 Å². The molecule has 1 unspecified atom stereocenters. The minimum absolute atomic E-state index is 0.305. The molecule has 2 aromatic carbocycles. The molecule has 3 aromatic rings. The highest BCUT2D eigenvalue weighted by Crippen LogP contribution is 2.31. The lowest BCUT2D eigenvalue weighted by Gasteiger charge is -2.25. The molecule has 3 rings (SSSR count). The van der Waals surface area contributed by atoms with Gasteiger partial charge in [0, 0.05) is 16.6 Å². The summed E-state index contributed by atoms with van der Waals surface area (Å²) in [7, 11) is 3.51. The molecule has 1 atom stereocenters. The number of ether oxygens (including phenoxy) is 1. The number of imidazole rings is 1. The maximum Gasteiger partial charge on any atom is 0.320 e. The van der Waals surface area contributed by atoms with Crippen LogP contribution in [0.4, 0.5) is 8.78 Å². The van der Waals surface area contributed by atoms with Crippen LogP contribution in [0.3, 0.4) is 0 Å². The molecular weight excluding hydrogens is 404 g/mol. The Morgan fingerprint density at radius 2 is 1.96 bits per heavy atom. The van der Waals surface area contributed by atoms with Crippen LogP contribution in [0.5, 0.6) is 5.75 Å². The van der Waals surface area contributed by atoms with Crippen LogP contribution in [-0.2, 0) is 6.54 Å².